The first-order valence-electron chi connectivity index (χ1n) is 5.83. The van der Waals surface area contributed by atoms with E-state index in [-0.39, 0.29) is 18.0 Å². The zero-order valence-electron chi connectivity index (χ0n) is 10.0. The summed E-state index contributed by atoms with van der Waals surface area (Å²) in [5.41, 5.74) is 0.667. The van der Waals surface area contributed by atoms with Crippen molar-refractivity contribution < 1.29 is 9.13 Å². The third-order valence-electron chi connectivity index (χ3n) is 3.31. The van der Waals surface area contributed by atoms with Crippen molar-refractivity contribution in [1.29, 1.82) is 0 Å². The lowest BCUT2D eigenvalue weighted by Crippen LogP contribution is -2.33. The Balaban J connectivity index is 2.30. The second-order valence-corrected chi connectivity index (χ2v) is 5.30. The van der Waals surface area contributed by atoms with Gasteiger partial charge in [-0.15, -0.1) is 0 Å². The molecular weight excluding hydrogens is 285 g/mol. The van der Waals surface area contributed by atoms with Crippen LogP contribution in [0, 0.1) is 11.7 Å². The van der Waals surface area contributed by atoms with Crippen molar-refractivity contribution in [1.82, 2.24) is 5.32 Å². The molecule has 17 heavy (non-hydrogen) atoms. The summed E-state index contributed by atoms with van der Waals surface area (Å²) in [5, 5.41) is 3.17. The van der Waals surface area contributed by atoms with Gasteiger partial charge in [-0.3, -0.25) is 0 Å². The first kappa shape index (κ1) is 13.0. The van der Waals surface area contributed by atoms with E-state index in [1.807, 2.05) is 19.2 Å². The van der Waals surface area contributed by atoms with Gasteiger partial charge in [0.05, 0.1) is 16.6 Å². The number of benzene rings is 1. The van der Waals surface area contributed by atoms with E-state index < -0.39 is 0 Å². The summed E-state index contributed by atoms with van der Waals surface area (Å²) in [4.78, 5) is 0. The van der Waals surface area contributed by atoms with Crippen LogP contribution in [-0.4, -0.2) is 20.3 Å². The van der Waals surface area contributed by atoms with Crippen LogP contribution in [0.1, 0.15) is 24.4 Å². The number of ether oxygens (including phenoxy) is 1. The van der Waals surface area contributed by atoms with Crippen LogP contribution in [0.3, 0.4) is 0 Å². The summed E-state index contributed by atoms with van der Waals surface area (Å²) in [7, 11) is 3.54. The minimum atomic E-state index is -0.199. The van der Waals surface area contributed by atoms with Crippen molar-refractivity contribution in [2.75, 3.05) is 14.2 Å². The van der Waals surface area contributed by atoms with Gasteiger partial charge in [0.1, 0.15) is 5.82 Å². The molecule has 1 fully saturated rings. The molecule has 1 aliphatic carbocycles. The van der Waals surface area contributed by atoms with Crippen LogP contribution in [-0.2, 0) is 4.74 Å². The number of hydrogen-bond acceptors (Lipinski definition) is 2. The summed E-state index contributed by atoms with van der Waals surface area (Å²) in [6.07, 6.45) is 2.39. The van der Waals surface area contributed by atoms with E-state index in [0.29, 0.717) is 16.0 Å². The standard InChI is InChI=1S/C13H17BrFNO/c1-16-12(13(17-2)8-6-7-8)9-4-3-5-10(14)11(9)15/h3-5,8,12-13,16H,6-7H2,1-2H3. The van der Waals surface area contributed by atoms with E-state index in [2.05, 4.69) is 21.2 Å². The summed E-state index contributed by atoms with van der Waals surface area (Å²) in [5.74, 6) is 0.352. The number of hydrogen-bond donors (Lipinski definition) is 1. The van der Waals surface area contributed by atoms with Gasteiger partial charge in [-0.05, 0) is 47.8 Å². The third kappa shape index (κ3) is 2.69. The van der Waals surface area contributed by atoms with E-state index in [4.69, 9.17) is 4.74 Å². The maximum atomic E-state index is 14.1. The second kappa shape index (κ2) is 5.46. The molecule has 0 spiro atoms. The molecule has 2 unspecified atom stereocenters. The van der Waals surface area contributed by atoms with E-state index in [9.17, 15) is 4.39 Å². The normalized spacial score (nSPS) is 19.1. The highest BCUT2D eigenvalue weighted by molar-refractivity contribution is 9.10. The zero-order chi connectivity index (χ0) is 12.4. The molecule has 94 valence electrons. The molecule has 0 amide bonds. The van der Waals surface area contributed by atoms with Crippen LogP contribution < -0.4 is 5.32 Å². The maximum Gasteiger partial charge on any atom is 0.142 e. The van der Waals surface area contributed by atoms with Crippen molar-refractivity contribution in [3.05, 3.63) is 34.1 Å². The van der Waals surface area contributed by atoms with Crippen LogP contribution in [0.25, 0.3) is 0 Å². The van der Waals surface area contributed by atoms with E-state index in [1.54, 1.807) is 13.2 Å². The highest BCUT2D eigenvalue weighted by Crippen LogP contribution is 2.40. The lowest BCUT2D eigenvalue weighted by molar-refractivity contribution is 0.0519. The van der Waals surface area contributed by atoms with Crippen molar-refractivity contribution in [3.8, 4) is 0 Å². The highest BCUT2D eigenvalue weighted by Gasteiger charge is 2.37. The predicted octanol–water partition coefficient (Wildman–Crippen LogP) is 3.27. The number of likely N-dealkylation sites (N-methyl/N-ethyl adjacent to an activating group) is 1. The molecule has 1 saturated carbocycles. The van der Waals surface area contributed by atoms with Gasteiger partial charge in [0, 0.05) is 12.7 Å². The molecule has 0 radical (unpaired) electrons. The van der Waals surface area contributed by atoms with Crippen LogP contribution in [0.2, 0.25) is 0 Å². The monoisotopic (exact) mass is 301 g/mol. The number of halogens is 2. The van der Waals surface area contributed by atoms with Gasteiger partial charge >= 0.3 is 0 Å². The Bertz CT molecular complexity index is 395. The smallest absolute Gasteiger partial charge is 0.142 e. The number of rotatable bonds is 5. The molecule has 1 aliphatic rings. The van der Waals surface area contributed by atoms with Gasteiger partial charge in [-0.2, -0.15) is 0 Å². The Labute approximate surface area is 110 Å². The average Bonchev–Trinajstić information content (AvgIpc) is 3.14. The van der Waals surface area contributed by atoms with E-state index in [1.165, 1.54) is 12.8 Å². The van der Waals surface area contributed by atoms with Gasteiger partial charge in [0.15, 0.2) is 0 Å². The minimum Gasteiger partial charge on any atom is -0.379 e. The molecule has 0 heterocycles. The van der Waals surface area contributed by atoms with Crippen molar-refractivity contribution in [2.45, 2.75) is 25.0 Å². The van der Waals surface area contributed by atoms with Crippen molar-refractivity contribution in [2.24, 2.45) is 5.92 Å². The molecule has 1 N–H and O–H groups in total. The Morgan fingerprint density at radius 2 is 2.18 bits per heavy atom. The summed E-state index contributed by atoms with van der Waals surface area (Å²) >= 11 is 3.22. The van der Waals surface area contributed by atoms with E-state index >= 15 is 0 Å². The van der Waals surface area contributed by atoms with Gasteiger partial charge < -0.3 is 10.1 Å². The van der Waals surface area contributed by atoms with Gasteiger partial charge in [-0.1, -0.05) is 12.1 Å². The Morgan fingerprint density at radius 3 is 2.71 bits per heavy atom. The molecule has 2 nitrogen and oxygen atoms in total. The molecule has 1 aromatic rings. The quantitative estimate of drug-likeness (QED) is 0.901. The SMILES string of the molecule is CNC(c1cccc(Br)c1F)C(OC)C1CC1. The summed E-state index contributed by atoms with van der Waals surface area (Å²) in [6, 6.07) is 5.29. The Morgan fingerprint density at radius 1 is 1.47 bits per heavy atom. The average molecular weight is 302 g/mol. The lowest BCUT2D eigenvalue weighted by Gasteiger charge is -2.26. The molecule has 0 aliphatic heterocycles. The molecule has 1 aromatic carbocycles. The number of methoxy groups -OCH3 is 1. The van der Waals surface area contributed by atoms with Crippen LogP contribution in [0.5, 0.6) is 0 Å². The van der Waals surface area contributed by atoms with E-state index in [0.717, 1.165) is 0 Å². The highest BCUT2D eigenvalue weighted by atomic mass is 79.9. The topological polar surface area (TPSA) is 21.3 Å². The predicted molar refractivity (Wildman–Crippen MR) is 69.4 cm³/mol. The molecule has 2 atom stereocenters. The van der Waals surface area contributed by atoms with Gasteiger partial charge in [0.25, 0.3) is 0 Å². The molecule has 0 bridgehead atoms. The Kier molecular flexibility index (Phi) is 4.17. The first-order valence-corrected chi connectivity index (χ1v) is 6.62. The summed E-state index contributed by atoms with van der Waals surface area (Å²) < 4.78 is 20.1. The first-order chi connectivity index (χ1) is 8.19. The summed E-state index contributed by atoms with van der Waals surface area (Å²) in [6.45, 7) is 0. The fraction of sp³-hybridized carbons (Fsp3) is 0.538. The van der Waals surface area contributed by atoms with Gasteiger partial charge in [-0.25, -0.2) is 4.39 Å². The maximum absolute atomic E-state index is 14.1. The second-order valence-electron chi connectivity index (χ2n) is 4.45. The molecule has 0 aromatic heterocycles. The minimum absolute atomic E-state index is 0.0452. The molecular formula is C13H17BrFNO. The van der Waals surface area contributed by atoms with Crippen LogP contribution >= 0.6 is 15.9 Å². The Hall–Kier alpha value is -0.450. The lowest BCUT2D eigenvalue weighted by atomic mass is 9.97. The zero-order valence-corrected chi connectivity index (χ0v) is 11.6. The third-order valence-corrected chi connectivity index (χ3v) is 3.93. The fourth-order valence-corrected chi connectivity index (χ4v) is 2.66. The van der Waals surface area contributed by atoms with Crippen LogP contribution in [0.4, 0.5) is 4.39 Å². The fourth-order valence-electron chi connectivity index (χ4n) is 2.28. The van der Waals surface area contributed by atoms with Crippen molar-refractivity contribution in [3.63, 3.8) is 0 Å². The number of nitrogens with one attached hydrogen (secondary N) is 1. The van der Waals surface area contributed by atoms with Crippen molar-refractivity contribution >= 4 is 15.9 Å². The van der Waals surface area contributed by atoms with Gasteiger partial charge in [0.2, 0.25) is 0 Å². The molecule has 2 rings (SSSR count). The van der Waals surface area contributed by atoms with Crippen LogP contribution in [0.15, 0.2) is 22.7 Å². The largest absolute Gasteiger partial charge is 0.379 e. The molecule has 0 saturated heterocycles. The molecule has 4 heteroatoms.